The van der Waals surface area contributed by atoms with Crippen molar-refractivity contribution in [2.75, 3.05) is 13.2 Å². The Morgan fingerprint density at radius 1 is 0.920 bits per heavy atom. The van der Waals surface area contributed by atoms with Gasteiger partial charge in [-0.15, -0.1) is 0 Å². The highest BCUT2D eigenvalue weighted by molar-refractivity contribution is 5.59. The van der Waals surface area contributed by atoms with Crippen molar-refractivity contribution in [3.8, 4) is 17.2 Å². The minimum atomic E-state index is -0.619. The molecule has 2 saturated heterocycles. The summed E-state index contributed by atoms with van der Waals surface area (Å²) in [5.41, 5.74) is 1.95. The van der Waals surface area contributed by atoms with E-state index in [2.05, 4.69) is 13.8 Å². The maximum absolute atomic E-state index is 10.6. The number of phenolic OH excluding ortho intramolecular Hbond substituents is 1. The fraction of sp³-hybridized carbons (Fsp3) is 0.700. The zero-order valence-corrected chi connectivity index (χ0v) is 15.3. The van der Waals surface area contributed by atoms with Crippen LogP contribution in [0, 0.1) is 23.7 Å². The molecule has 136 valence electrons. The summed E-state index contributed by atoms with van der Waals surface area (Å²) in [6.07, 6.45) is 1.62. The summed E-state index contributed by atoms with van der Waals surface area (Å²) < 4.78 is 24.6. The van der Waals surface area contributed by atoms with Gasteiger partial charge in [0.1, 0.15) is 17.2 Å². The van der Waals surface area contributed by atoms with Crippen molar-refractivity contribution >= 4 is 0 Å². The Morgan fingerprint density at radius 3 is 2.12 bits per heavy atom. The highest BCUT2D eigenvalue weighted by atomic mass is 16.7. The van der Waals surface area contributed by atoms with Crippen LogP contribution in [-0.2, 0) is 22.3 Å². The van der Waals surface area contributed by atoms with E-state index < -0.39 is 11.6 Å². The SMILES string of the molecule is C[C@H]1CO[C@]2(C)Oc3cc(O)c4c(c3C[C@@H]12)O[C@@]1(C)OC[C@H](C)[C@@H]1C4. The monoisotopic (exact) mass is 346 g/mol. The molecule has 4 aliphatic rings. The lowest BCUT2D eigenvalue weighted by Crippen LogP contribution is -2.46. The number of fused-ring (bicyclic) bond motifs is 5. The molecule has 0 aromatic heterocycles. The highest BCUT2D eigenvalue weighted by Gasteiger charge is 2.54. The van der Waals surface area contributed by atoms with Gasteiger partial charge in [0.2, 0.25) is 11.6 Å². The maximum Gasteiger partial charge on any atom is 0.211 e. The minimum absolute atomic E-state index is 0.253. The predicted octanol–water partition coefficient (Wildman–Crippen LogP) is 3.26. The van der Waals surface area contributed by atoms with Gasteiger partial charge >= 0.3 is 0 Å². The first-order valence-corrected chi connectivity index (χ1v) is 9.34. The van der Waals surface area contributed by atoms with Crippen molar-refractivity contribution in [3.63, 3.8) is 0 Å². The third-order valence-corrected chi connectivity index (χ3v) is 6.87. The molecule has 0 saturated carbocycles. The first-order chi connectivity index (χ1) is 11.8. The molecule has 4 heterocycles. The number of hydrogen-bond acceptors (Lipinski definition) is 5. The maximum atomic E-state index is 10.6. The van der Waals surface area contributed by atoms with Gasteiger partial charge in [0.15, 0.2) is 0 Å². The molecular formula is C20H26O5. The van der Waals surface area contributed by atoms with Crippen LogP contribution in [0.4, 0.5) is 0 Å². The van der Waals surface area contributed by atoms with Gasteiger partial charge in [0.25, 0.3) is 0 Å². The standard InChI is InChI=1S/C20H26O5/c1-10-9-23-20(4)14(10)5-12-16(21)7-17-13(18(12)25-20)6-15-11(2)8-22-19(15,3)24-17/h7,10-11,14-15,21H,5-6,8-9H2,1-4H3/t10-,11-,14-,15-,19+,20+/m0/s1. The molecule has 0 amide bonds. The third-order valence-electron chi connectivity index (χ3n) is 6.87. The van der Waals surface area contributed by atoms with Gasteiger partial charge < -0.3 is 24.1 Å². The Hall–Kier alpha value is -1.46. The number of aromatic hydroxyl groups is 1. The van der Waals surface area contributed by atoms with Crippen LogP contribution in [-0.4, -0.2) is 29.9 Å². The van der Waals surface area contributed by atoms with Crippen molar-refractivity contribution in [2.24, 2.45) is 23.7 Å². The molecule has 4 aliphatic heterocycles. The first kappa shape index (κ1) is 15.8. The molecule has 5 nitrogen and oxygen atoms in total. The van der Waals surface area contributed by atoms with Crippen molar-refractivity contribution in [1.82, 2.24) is 0 Å². The quantitative estimate of drug-likeness (QED) is 0.781. The van der Waals surface area contributed by atoms with E-state index in [1.54, 1.807) is 6.07 Å². The van der Waals surface area contributed by atoms with Crippen molar-refractivity contribution in [1.29, 1.82) is 0 Å². The molecular weight excluding hydrogens is 320 g/mol. The van der Waals surface area contributed by atoms with Crippen LogP contribution >= 0.6 is 0 Å². The fourth-order valence-electron chi connectivity index (χ4n) is 5.23. The summed E-state index contributed by atoms with van der Waals surface area (Å²) in [6, 6.07) is 1.74. The Morgan fingerprint density at radius 2 is 1.48 bits per heavy atom. The van der Waals surface area contributed by atoms with Crippen molar-refractivity contribution in [3.05, 3.63) is 17.2 Å². The zero-order valence-electron chi connectivity index (χ0n) is 15.3. The number of rotatable bonds is 0. The van der Waals surface area contributed by atoms with E-state index in [9.17, 15) is 5.11 Å². The van der Waals surface area contributed by atoms with Crippen LogP contribution in [0.15, 0.2) is 6.07 Å². The molecule has 2 fully saturated rings. The Labute approximate surface area is 148 Å². The summed E-state index contributed by atoms with van der Waals surface area (Å²) in [5.74, 6) is 1.84. The molecule has 1 aromatic carbocycles. The molecule has 5 rings (SSSR count). The van der Waals surface area contributed by atoms with Gasteiger partial charge in [-0.2, -0.15) is 0 Å². The second-order valence-electron chi connectivity index (χ2n) is 8.61. The second-order valence-corrected chi connectivity index (χ2v) is 8.61. The van der Waals surface area contributed by atoms with Gasteiger partial charge in [0.05, 0.1) is 13.2 Å². The second kappa shape index (κ2) is 4.83. The van der Waals surface area contributed by atoms with E-state index in [-0.39, 0.29) is 17.6 Å². The van der Waals surface area contributed by atoms with E-state index in [4.69, 9.17) is 18.9 Å². The van der Waals surface area contributed by atoms with Crippen LogP contribution in [0.3, 0.4) is 0 Å². The number of hydrogen-bond donors (Lipinski definition) is 1. The fourth-order valence-corrected chi connectivity index (χ4v) is 5.23. The summed E-state index contributed by atoms with van der Waals surface area (Å²) in [5, 5.41) is 10.6. The smallest absolute Gasteiger partial charge is 0.211 e. The summed E-state index contributed by atoms with van der Waals surface area (Å²) in [4.78, 5) is 0. The molecule has 0 aliphatic carbocycles. The van der Waals surface area contributed by atoms with Crippen LogP contribution in [0.5, 0.6) is 17.2 Å². The molecule has 6 atom stereocenters. The third kappa shape index (κ3) is 2.02. The average molecular weight is 346 g/mol. The molecule has 0 radical (unpaired) electrons. The lowest BCUT2D eigenvalue weighted by atomic mass is 9.78. The average Bonchev–Trinajstić information content (AvgIpc) is 3.01. The zero-order chi connectivity index (χ0) is 17.6. The molecule has 0 unspecified atom stereocenters. The van der Waals surface area contributed by atoms with Crippen LogP contribution in [0.1, 0.15) is 38.8 Å². The lowest BCUT2D eigenvalue weighted by Gasteiger charge is -2.42. The van der Waals surface area contributed by atoms with E-state index >= 15 is 0 Å². The molecule has 1 N–H and O–H groups in total. The topological polar surface area (TPSA) is 57.2 Å². The van der Waals surface area contributed by atoms with Crippen LogP contribution in [0.2, 0.25) is 0 Å². The Balaban J connectivity index is 1.62. The summed E-state index contributed by atoms with van der Waals surface area (Å²) in [6.45, 7) is 9.81. The largest absolute Gasteiger partial charge is 0.507 e. The van der Waals surface area contributed by atoms with Crippen LogP contribution in [0.25, 0.3) is 0 Å². The number of phenols is 1. The van der Waals surface area contributed by atoms with Crippen molar-refractivity contribution < 1.29 is 24.1 Å². The normalized spacial score (nSPS) is 44.2. The molecule has 0 bridgehead atoms. The molecule has 1 aromatic rings. The van der Waals surface area contributed by atoms with Gasteiger partial charge in [-0.1, -0.05) is 13.8 Å². The highest BCUT2D eigenvalue weighted by Crippen LogP contribution is 2.55. The predicted molar refractivity (Wildman–Crippen MR) is 90.8 cm³/mol. The molecule has 0 spiro atoms. The first-order valence-electron chi connectivity index (χ1n) is 9.34. The summed E-state index contributed by atoms with van der Waals surface area (Å²) >= 11 is 0. The minimum Gasteiger partial charge on any atom is -0.507 e. The van der Waals surface area contributed by atoms with Gasteiger partial charge in [0, 0.05) is 42.9 Å². The van der Waals surface area contributed by atoms with E-state index in [1.807, 2.05) is 13.8 Å². The number of ether oxygens (including phenoxy) is 4. The number of benzene rings is 1. The van der Waals surface area contributed by atoms with E-state index in [0.29, 0.717) is 30.8 Å². The summed E-state index contributed by atoms with van der Waals surface area (Å²) in [7, 11) is 0. The van der Waals surface area contributed by atoms with Gasteiger partial charge in [-0.25, -0.2) is 0 Å². The molecule has 5 heteroatoms. The van der Waals surface area contributed by atoms with Crippen LogP contribution < -0.4 is 9.47 Å². The van der Waals surface area contributed by atoms with Gasteiger partial charge in [-0.3, -0.25) is 0 Å². The lowest BCUT2D eigenvalue weighted by molar-refractivity contribution is -0.174. The Bertz CT molecular complexity index is 746. The Kier molecular flexibility index (Phi) is 3.05. The van der Waals surface area contributed by atoms with Gasteiger partial charge in [-0.05, 0) is 24.7 Å². The van der Waals surface area contributed by atoms with Crippen molar-refractivity contribution in [2.45, 2.75) is 52.1 Å². The van der Waals surface area contributed by atoms with E-state index in [1.165, 1.54) is 0 Å². The van der Waals surface area contributed by atoms with E-state index in [0.717, 1.165) is 29.7 Å². The molecule has 25 heavy (non-hydrogen) atoms.